The van der Waals surface area contributed by atoms with Crippen molar-refractivity contribution >= 4 is 0 Å². The Hall–Kier alpha value is -0.860. The molecule has 0 radical (unpaired) electrons. The van der Waals surface area contributed by atoms with Crippen molar-refractivity contribution in [2.75, 3.05) is 27.4 Å². The quantitative estimate of drug-likeness (QED) is 0.355. The van der Waals surface area contributed by atoms with E-state index in [9.17, 15) is 0 Å². The summed E-state index contributed by atoms with van der Waals surface area (Å²) in [4.78, 5) is 0. The Morgan fingerprint density at radius 2 is 1.52 bits per heavy atom. The van der Waals surface area contributed by atoms with Gasteiger partial charge in [-0.05, 0) is 86.7 Å². The van der Waals surface area contributed by atoms with Crippen molar-refractivity contribution < 1.29 is 9.47 Å². The van der Waals surface area contributed by atoms with Gasteiger partial charge in [-0.2, -0.15) is 0 Å². The summed E-state index contributed by atoms with van der Waals surface area (Å²) < 4.78 is 10.6. The van der Waals surface area contributed by atoms with Crippen LogP contribution in [0, 0.1) is 11.8 Å². The van der Waals surface area contributed by atoms with Crippen LogP contribution in [0.2, 0.25) is 0 Å². The SMILES string of the molecule is CCCCCc1ccc(C2CCC(CC(CCOC)CCOC)CC2)cc1. The summed E-state index contributed by atoms with van der Waals surface area (Å²) in [5.41, 5.74) is 3.09. The van der Waals surface area contributed by atoms with E-state index in [2.05, 4.69) is 31.2 Å². The third kappa shape index (κ3) is 8.35. The van der Waals surface area contributed by atoms with Gasteiger partial charge in [-0.25, -0.2) is 0 Å². The Bertz CT molecular complexity index is 466. The van der Waals surface area contributed by atoms with Crippen LogP contribution in [0.5, 0.6) is 0 Å². The maximum atomic E-state index is 5.32. The summed E-state index contributed by atoms with van der Waals surface area (Å²) in [6, 6.07) is 9.57. The maximum absolute atomic E-state index is 5.32. The number of unbranched alkanes of at least 4 members (excludes halogenated alkanes) is 2. The fourth-order valence-electron chi connectivity index (χ4n) is 4.69. The van der Waals surface area contributed by atoms with Crippen LogP contribution in [0.3, 0.4) is 0 Å². The van der Waals surface area contributed by atoms with Gasteiger partial charge in [0.15, 0.2) is 0 Å². The second-order valence-electron chi connectivity index (χ2n) is 8.58. The topological polar surface area (TPSA) is 18.5 Å². The predicted octanol–water partition coefficient (Wildman–Crippen LogP) is 6.77. The van der Waals surface area contributed by atoms with Crippen LogP contribution >= 0.6 is 0 Å². The van der Waals surface area contributed by atoms with Crippen LogP contribution in [0.15, 0.2) is 24.3 Å². The highest BCUT2D eigenvalue weighted by Crippen LogP contribution is 2.39. The molecule has 0 saturated heterocycles. The molecule has 0 atom stereocenters. The average molecular weight is 375 g/mol. The third-order valence-electron chi connectivity index (χ3n) is 6.49. The van der Waals surface area contributed by atoms with Crippen molar-refractivity contribution in [2.45, 2.75) is 83.5 Å². The van der Waals surface area contributed by atoms with Crippen molar-refractivity contribution in [2.24, 2.45) is 11.8 Å². The van der Waals surface area contributed by atoms with E-state index in [1.165, 1.54) is 76.2 Å². The molecule has 0 spiro atoms. The molecule has 0 heterocycles. The van der Waals surface area contributed by atoms with Gasteiger partial charge < -0.3 is 9.47 Å². The fourth-order valence-corrected chi connectivity index (χ4v) is 4.69. The molecule has 27 heavy (non-hydrogen) atoms. The summed E-state index contributed by atoms with van der Waals surface area (Å²) in [7, 11) is 3.63. The lowest BCUT2D eigenvalue weighted by atomic mass is 9.75. The highest BCUT2D eigenvalue weighted by molar-refractivity contribution is 5.26. The van der Waals surface area contributed by atoms with E-state index >= 15 is 0 Å². The van der Waals surface area contributed by atoms with Crippen LogP contribution in [-0.4, -0.2) is 27.4 Å². The number of rotatable bonds is 13. The predicted molar refractivity (Wildman–Crippen MR) is 115 cm³/mol. The highest BCUT2D eigenvalue weighted by atomic mass is 16.5. The lowest BCUT2D eigenvalue weighted by Gasteiger charge is -2.31. The van der Waals surface area contributed by atoms with E-state index in [0.29, 0.717) is 0 Å². The zero-order chi connectivity index (χ0) is 19.3. The molecule has 1 aliphatic carbocycles. The first-order chi connectivity index (χ1) is 13.3. The molecular formula is C25H42O2. The van der Waals surface area contributed by atoms with Gasteiger partial charge in [-0.15, -0.1) is 0 Å². The van der Waals surface area contributed by atoms with E-state index < -0.39 is 0 Å². The number of hydrogen-bond donors (Lipinski definition) is 0. The van der Waals surface area contributed by atoms with E-state index in [1.807, 2.05) is 14.2 Å². The molecular weight excluding hydrogens is 332 g/mol. The van der Waals surface area contributed by atoms with Gasteiger partial charge in [0.05, 0.1) is 0 Å². The number of methoxy groups -OCH3 is 2. The lowest BCUT2D eigenvalue weighted by Crippen LogP contribution is -2.18. The number of benzene rings is 1. The highest BCUT2D eigenvalue weighted by Gasteiger charge is 2.24. The van der Waals surface area contributed by atoms with Crippen molar-refractivity contribution in [3.05, 3.63) is 35.4 Å². The minimum absolute atomic E-state index is 0.758. The van der Waals surface area contributed by atoms with Crippen molar-refractivity contribution in [1.82, 2.24) is 0 Å². The third-order valence-corrected chi connectivity index (χ3v) is 6.49. The molecule has 0 aromatic heterocycles. The normalized spacial score (nSPS) is 20.3. The van der Waals surface area contributed by atoms with Crippen LogP contribution in [0.1, 0.15) is 88.2 Å². The van der Waals surface area contributed by atoms with Crippen molar-refractivity contribution in [1.29, 1.82) is 0 Å². The van der Waals surface area contributed by atoms with Gasteiger partial charge in [0.1, 0.15) is 0 Å². The molecule has 2 heteroatoms. The number of aryl methyl sites for hydroxylation is 1. The molecule has 0 bridgehead atoms. The minimum atomic E-state index is 0.758. The zero-order valence-electron chi connectivity index (χ0n) is 18.1. The minimum Gasteiger partial charge on any atom is -0.385 e. The molecule has 0 amide bonds. The second kappa shape index (κ2) is 13.3. The summed E-state index contributed by atoms with van der Waals surface area (Å²) in [5, 5.41) is 0. The van der Waals surface area contributed by atoms with Gasteiger partial charge in [-0.3, -0.25) is 0 Å². The summed E-state index contributed by atoms with van der Waals surface area (Å²) in [6.45, 7) is 4.04. The van der Waals surface area contributed by atoms with Crippen molar-refractivity contribution in [3.8, 4) is 0 Å². The van der Waals surface area contributed by atoms with E-state index in [0.717, 1.165) is 31.0 Å². The molecule has 0 unspecified atom stereocenters. The first kappa shape index (κ1) is 22.4. The van der Waals surface area contributed by atoms with Gasteiger partial charge in [0.2, 0.25) is 0 Å². The maximum Gasteiger partial charge on any atom is 0.0464 e. The molecule has 2 rings (SSSR count). The Morgan fingerprint density at radius 3 is 2.07 bits per heavy atom. The van der Waals surface area contributed by atoms with Crippen LogP contribution < -0.4 is 0 Å². The fraction of sp³-hybridized carbons (Fsp3) is 0.760. The molecule has 0 aliphatic heterocycles. The van der Waals surface area contributed by atoms with Gasteiger partial charge in [0, 0.05) is 27.4 Å². The molecule has 1 aromatic carbocycles. The second-order valence-corrected chi connectivity index (χ2v) is 8.58. The molecule has 1 fully saturated rings. The molecule has 2 nitrogen and oxygen atoms in total. The van der Waals surface area contributed by atoms with Crippen LogP contribution in [0.25, 0.3) is 0 Å². The molecule has 154 valence electrons. The molecule has 1 saturated carbocycles. The zero-order valence-corrected chi connectivity index (χ0v) is 18.1. The van der Waals surface area contributed by atoms with E-state index in [4.69, 9.17) is 9.47 Å². The smallest absolute Gasteiger partial charge is 0.0464 e. The lowest BCUT2D eigenvalue weighted by molar-refractivity contribution is 0.131. The Kier molecular flexibility index (Phi) is 11.1. The monoisotopic (exact) mass is 374 g/mol. The molecule has 1 aromatic rings. The standard InChI is InChI=1S/C25H42O2/c1-4-5-6-7-21-8-12-24(13-9-21)25-14-10-22(11-15-25)20-23(16-18-26-2)17-19-27-3/h8-9,12-13,22-23,25H,4-7,10-11,14-20H2,1-3H3. The largest absolute Gasteiger partial charge is 0.385 e. The first-order valence-corrected chi connectivity index (χ1v) is 11.3. The van der Waals surface area contributed by atoms with Gasteiger partial charge in [-0.1, -0.05) is 44.0 Å². The Balaban J connectivity index is 1.76. The molecule has 1 aliphatic rings. The Morgan fingerprint density at radius 1 is 0.889 bits per heavy atom. The van der Waals surface area contributed by atoms with Gasteiger partial charge in [0.25, 0.3) is 0 Å². The van der Waals surface area contributed by atoms with Crippen LogP contribution in [0.4, 0.5) is 0 Å². The summed E-state index contributed by atoms with van der Waals surface area (Å²) in [6.07, 6.45) is 14.4. The van der Waals surface area contributed by atoms with E-state index in [-0.39, 0.29) is 0 Å². The number of hydrogen-bond acceptors (Lipinski definition) is 2. The average Bonchev–Trinajstić information content (AvgIpc) is 2.71. The summed E-state index contributed by atoms with van der Waals surface area (Å²) in [5.74, 6) is 2.43. The number of ether oxygens (including phenoxy) is 2. The van der Waals surface area contributed by atoms with Crippen molar-refractivity contribution in [3.63, 3.8) is 0 Å². The Labute approximate surface area is 168 Å². The molecule has 0 N–H and O–H groups in total. The first-order valence-electron chi connectivity index (χ1n) is 11.3. The van der Waals surface area contributed by atoms with Gasteiger partial charge >= 0.3 is 0 Å². The van der Waals surface area contributed by atoms with E-state index in [1.54, 1.807) is 5.56 Å². The van der Waals surface area contributed by atoms with Crippen LogP contribution in [-0.2, 0) is 15.9 Å². The summed E-state index contributed by atoms with van der Waals surface area (Å²) >= 11 is 0.